The molecule has 154 valence electrons. The molecule has 0 spiro atoms. The second-order valence-corrected chi connectivity index (χ2v) is 6.71. The number of phenolic OH excluding ortho intramolecular Hbond substituents is 1. The van der Waals surface area contributed by atoms with Crippen LogP contribution in [0.25, 0.3) is 0 Å². The average Bonchev–Trinajstić information content (AvgIpc) is 3.20. The molecule has 3 N–H and O–H groups in total. The number of ether oxygens (including phenoxy) is 2. The lowest BCUT2D eigenvalue weighted by Gasteiger charge is -2.29. The van der Waals surface area contributed by atoms with Gasteiger partial charge in [-0.05, 0) is 36.8 Å². The molecule has 0 fully saturated rings. The van der Waals surface area contributed by atoms with Crippen LogP contribution in [0.1, 0.15) is 18.5 Å². The molecule has 1 aliphatic heterocycles. The quantitative estimate of drug-likeness (QED) is 0.596. The predicted octanol–water partition coefficient (Wildman–Crippen LogP) is 2.93. The number of nitrogens with one attached hydrogen (secondary N) is 2. The summed E-state index contributed by atoms with van der Waals surface area (Å²) in [5.74, 6) is 1.36. The van der Waals surface area contributed by atoms with Crippen LogP contribution in [0.15, 0.2) is 60.1 Å². The summed E-state index contributed by atoms with van der Waals surface area (Å²) in [4.78, 5) is 17.6. The third kappa shape index (κ3) is 3.41. The molecule has 0 bridgehead atoms. The van der Waals surface area contributed by atoms with Crippen LogP contribution >= 0.6 is 0 Å². The lowest BCUT2D eigenvalue weighted by Crippen LogP contribution is -2.31. The molecular formula is C21H21N5O4. The summed E-state index contributed by atoms with van der Waals surface area (Å²) < 4.78 is 12.2. The van der Waals surface area contributed by atoms with E-state index in [0.717, 1.165) is 0 Å². The highest BCUT2D eigenvalue weighted by Gasteiger charge is 2.33. The largest absolute Gasteiger partial charge is 0.508 e. The van der Waals surface area contributed by atoms with Gasteiger partial charge in [0, 0.05) is 11.8 Å². The van der Waals surface area contributed by atoms with Crippen LogP contribution in [-0.2, 0) is 4.79 Å². The number of nitrogens with zero attached hydrogens (tertiary/aromatic N) is 3. The molecule has 0 unspecified atom stereocenters. The van der Waals surface area contributed by atoms with Crippen molar-refractivity contribution in [1.82, 2.24) is 14.8 Å². The van der Waals surface area contributed by atoms with Gasteiger partial charge in [-0.1, -0.05) is 12.1 Å². The molecule has 2 aromatic carbocycles. The molecule has 1 aromatic heterocycles. The van der Waals surface area contributed by atoms with Crippen molar-refractivity contribution < 1.29 is 19.4 Å². The first-order valence-corrected chi connectivity index (χ1v) is 9.21. The second-order valence-electron chi connectivity index (χ2n) is 6.71. The molecule has 0 saturated heterocycles. The van der Waals surface area contributed by atoms with Gasteiger partial charge in [0.1, 0.15) is 29.6 Å². The van der Waals surface area contributed by atoms with Crippen molar-refractivity contribution in [2.75, 3.05) is 24.9 Å². The highest BCUT2D eigenvalue weighted by Crippen LogP contribution is 2.37. The lowest BCUT2D eigenvalue weighted by atomic mass is 9.95. The van der Waals surface area contributed by atoms with Gasteiger partial charge >= 0.3 is 0 Å². The number of benzene rings is 2. The van der Waals surface area contributed by atoms with Crippen molar-refractivity contribution in [3.05, 3.63) is 65.6 Å². The van der Waals surface area contributed by atoms with Crippen LogP contribution in [0, 0.1) is 0 Å². The van der Waals surface area contributed by atoms with Gasteiger partial charge in [-0.15, -0.1) is 0 Å². The molecule has 4 rings (SSSR count). The zero-order chi connectivity index (χ0) is 21.3. The van der Waals surface area contributed by atoms with E-state index < -0.39 is 6.04 Å². The van der Waals surface area contributed by atoms with Crippen molar-refractivity contribution in [2.24, 2.45) is 0 Å². The molecule has 0 saturated carbocycles. The lowest BCUT2D eigenvalue weighted by molar-refractivity contribution is -0.113. The minimum Gasteiger partial charge on any atom is -0.508 e. The Morgan fingerprint density at radius 3 is 2.77 bits per heavy atom. The molecule has 1 amide bonds. The van der Waals surface area contributed by atoms with E-state index in [4.69, 9.17) is 9.47 Å². The number of fused-ring (bicyclic) bond motifs is 1. The van der Waals surface area contributed by atoms with Crippen LogP contribution < -0.4 is 20.1 Å². The molecule has 30 heavy (non-hydrogen) atoms. The molecule has 2 heterocycles. The summed E-state index contributed by atoms with van der Waals surface area (Å²) in [6, 6.07) is 11.3. The Morgan fingerprint density at radius 2 is 2.03 bits per heavy atom. The molecular weight excluding hydrogens is 386 g/mol. The van der Waals surface area contributed by atoms with Crippen molar-refractivity contribution in [3.63, 3.8) is 0 Å². The first-order valence-electron chi connectivity index (χ1n) is 9.21. The first-order chi connectivity index (χ1) is 14.5. The van der Waals surface area contributed by atoms with Gasteiger partial charge in [-0.3, -0.25) is 4.79 Å². The van der Waals surface area contributed by atoms with Gasteiger partial charge in [0.15, 0.2) is 0 Å². The van der Waals surface area contributed by atoms with Crippen molar-refractivity contribution in [2.45, 2.75) is 13.0 Å². The fraction of sp³-hybridized carbons (Fsp3) is 0.190. The van der Waals surface area contributed by atoms with E-state index >= 15 is 0 Å². The van der Waals surface area contributed by atoms with E-state index in [0.29, 0.717) is 40.0 Å². The maximum Gasteiger partial charge on any atom is 0.255 e. The standard InChI is InChI=1S/C21H21N5O4/c1-12-18(20(28)25-16-8-7-15(29-2)10-17(16)30-3)19(13-5-4-6-14(27)9-13)26-21(24-12)22-11-23-26/h4-11,19,27H,1-3H3,(H,25,28)(H,22,23,24)/t19-/m1/s1. The van der Waals surface area contributed by atoms with Gasteiger partial charge in [0.25, 0.3) is 5.91 Å². The highest BCUT2D eigenvalue weighted by molar-refractivity contribution is 6.06. The molecule has 3 aromatic rings. The Bertz CT molecular complexity index is 1140. The fourth-order valence-corrected chi connectivity index (χ4v) is 3.48. The summed E-state index contributed by atoms with van der Waals surface area (Å²) >= 11 is 0. The van der Waals surface area contributed by atoms with Crippen LogP contribution in [0.5, 0.6) is 17.2 Å². The van der Waals surface area contributed by atoms with Gasteiger partial charge < -0.3 is 25.2 Å². The monoisotopic (exact) mass is 407 g/mol. The van der Waals surface area contributed by atoms with Crippen LogP contribution in [-0.4, -0.2) is 40.0 Å². The number of hydrogen-bond acceptors (Lipinski definition) is 7. The van der Waals surface area contributed by atoms with E-state index in [1.807, 2.05) is 6.07 Å². The summed E-state index contributed by atoms with van der Waals surface area (Å²) in [7, 11) is 3.08. The summed E-state index contributed by atoms with van der Waals surface area (Å²) in [5, 5.41) is 20.3. The van der Waals surface area contributed by atoms with E-state index in [2.05, 4.69) is 20.7 Å². The van der Waals surface area contributed by atoms with Crippen LogP contribution in [0.2, 0.25) is 0 Å². The fourth-order valence-electron chi connectivity index (χ4n) is 3.48. The SMILES string of the molecule is COc1ccc(NC(=O)C2=C(C)Nc3ncnn3[C@@H]2c2cccc(O)c2)c(OC)c1. The minimum absolute atomic E-state index is 0.0990. The van der Waals surface area contributed by atoms with Gasteiger partial charge in [0.05, 0.1) is 25.5 Å². The maximum absolute atomic E-state index is 13.4. The Balaban J connectivity index is 1.75. The van der Waals surface area contributed by atoms with Crippen molar-refractivity contribution in [1.29, 1.82) is 0 Å². The number of carbonyl (C=O) groups excluding carboxylic acids is 1. The summed E-state index contributed by atoms with van der Waals surface area (Å²) in [6.45, 7) is 1.80. The number of allylic oxidation sites excluding steroid dienone is 1. The maximum atomic E-state index is 13.4. The smallest absolute Gasteiger partial charge is 0.255 e. The van der Waals surface area contributed by atoms with Crippen LogP contribution in [0.3, 0.4) is 0 Å². The Kier molecular flexibility index (Phi) is 5.01. The van der Waals surface area contributed by atoms with Gasteiger partial charge in [-0.2, -0.15) is 10.1 Å². The molecule has 0 aliphatic carbocycles. The molecule has 9 nitrogen and oxygen atoms in total. The summed E-state index contributed by atoms with van der Waals surface area (Å²) in [6.07, 6.45) is 1.42. The molecule has 9 heteroatoms. The second kappa shape index (κ2) is 7.78. The first kappa shape index (κ1) is 19.3. The zero-order valence-electron chi connectivity index (χ0n) is 16.7. The number of phenols is 1. The molecule has 1 aliphatic rings. The van der Waals surface area contributed by atoms with E-state index in [-0.39, 0.29) is 11.7 Å². The number of amides is 1. The number of rotatable bonds is 5. The Morgan fingerprint density at radius 1 is 1.20 bits per heavy atom. The average molecular weight is 407 g/mol. The number of anilines is 2. The van der Waals surface area contributed by atoms with Crippen molar-refractivity contribution >= 4 is 17.5 Å². The van der Waals surface area contributed by atoms with E-state index in [9.17, 15) is 9.90 Å². The number of hydrogen-bond donors (Lipinski definition) is 3. The topological polar surface area (TPSA) is 111 Å². The molecule has 0 radical (unpaired) electrons. The zero-order valence-corrected chi connectivity index (χ0v) is 16.7. The number of methoxy groups -OCH3 is 2. The van der Waals surface area contributed by atoms with E-state index in [1.54, 1.807) is 55.1 Å². The van der Waals surface area contributed by atoms with E-state index in [1.165, 1.54) is 13.4 Å². The number of aromatic nitrogens is 3. The van der Waals surface area contributed by atoms with Crippen LogP contribution in [0.4, 0.5) is 11.6 Å². The van der Waals surface area contributed by atoms with Gasteiger partial charge in [0.2, 0.25) is 5.95 Å². The Labute approximate surface area is 173 Å². The normalized spacial score (nSPS) is 15.2. The Hall–Kier alpha value is -4.01. The third-order valence-corrected chi connectivity index (χ3v) is 4.88. The van der Waals surface area contributed by atoms with Gasteiger partial charge in [-0.25, -0.2) is 4.68 Å². The predicted molar refractivity (Wildman–Crippen MR) is 111 cm³/mol. The third-order valence-electron chi connectivity index (χ3n) is 4.88. The minimum atomic E-state index is -0.569. The van der Waals surface area contributed by atoms with Crippen molar-refractivity contribution in [3.8, 4) is 17.2 Å². The number of carbonyl (C=O) groups is 1. The number of aromatic hydroxyl groups is 1. The summed E-state index contributed by atoms with van der Waals surface area (Å²) in [5.41, 5.74) is 2.28. The highest BCUT2D eigenvalue weighted by atomic mass is 16.5. The molecule has 1 atom stereocenters.